The van der Waals surface area contributed by atoms with Crippen LogP contribution in [-0.4, -0.2) is 9.91 Å². The molecule has 0 aliphatic rings. The fourth-order valence-electron chi connectivity index (χ4n) is 1.57. The number of nitrogens with zero attached hydrogens (tertiary/aromatic N) is 3. The fraction of sp³-hybridized carbons (Fsp3) is 0.167. The fourth-order valence-corrected chi connectivity index (χ4v) is 2.29. The molecule has 0 aliphatic heterocycles. The van der Waals surface area contributed by atoms with Crippen LogP contribution in [0.15, 0.2) is 23.7 Å². The Bertz CT molecular complexity index is 660. The van der Waals surface area contributed by atoms with Gasteiger partial charge >= 0.3 is 0 Å². The first-order valence-corrected chi connectivity index (χ1v) is 6.31. The number of aromatic nitrogens is 1. The maximum Gasteiger partial charge on any atom is 0.287 e. The predicted octanol–water partition coefficient (Wildman–Crippen LogP) is 2.84. The average Bonchev–Trinajstić information content (AvgIpc) is 2.81. The van der Waals surface area contributed by atoms with E-state index < -0.39 is 4.92 Å². The lowest BCUT2D eigenvalue weighted by Crippen LogP contribution is -2.00. The molecule has 0 radical (unpaired) electrons. The van der Waals surface area contributed by atoms with Gasteiger partial charge in [-0.3, -0.25) is 10.1 Å². The Morgan fingerprint density at radius 3 is 2.95 bits per heavy atom. The monoisotopic (exact) mass is 274 g/mol. The van der Waals surface area contributed by atoms with E-state index in [0.717, 1.165) is 10.6 Å². The maximum absolute atomic E-state index is 10.7. The van der Waals surface area contributed by atoms with Crippen molar-refractivity contribution < 1.29 is 4.92 Å². The highest BCUT2D eigenvalue weighted by Crippen LogP contribution is 2.23. The lowest BCUT2D eigenvalue weighted by atomic mass is 10.1. The second-order valence-corrected chi connectivity index (χ2v) is 4.75. The first kappa shape index (κ1) is 13.0. The summed E-state index contributed by atoms with van der Waals surface area (Å²) in [5.74, 6) is 0. The van der Waals surface area contributed by atoms with E-state index in [1.165, 1.54) is 23.5 Å². The Balaban J connectivity index is 2.16. The molecule has 0 aliphatic carbocycles. The number of benzene rings is 1. The first-order chi connectivity index (χ1) is 9.11. The maximum atomic E-state index is 10.7. The van der Waals surface area contributed by atoms with E-state index in [0.29, 0.717) is 12.2 Å². The lowest BCUT2D eigenvalue weighted by Gasteiger charge is -2.05. The summed E-state index contributed by atoms with van der Waals surface area (Å²) < 4.78 is 0. The van der Waals surface area contributed by atoms with Gasteiger partial charge in [-0.05, 0) is 19.1 Å². The van der Waals surface area contributed by atoms with Crippen molar-refractivity contribution in [3.63, 3.8) is 0 Å². The molecule has 6 nitrogen and oxygen atoms in total. The van der Waals surface area contributed by atoms with Crippen molar-refractivity contribution in [1.29, 1.82) is 5.26 Å². The third kappa shape index (κ3) is 2.86. The van der Waals surface area contributed by atoms with Crippen LogP contribution in [0.1, 0.15) is 16.1 Å². The van der Waals surface area contributed by atoms with Crippen LogP contribution in [0.4, 0.5) is 11.4 Å². The van der Waals surface area contributed by atoms with Gasteiger partial charge in [0.15, 0.2) is 0 Å². The molecule has 7 heteroatoms. The number of nitrogens with one attached hydrogen (secondary N) is 1. The van der Waals surface area contributed by atoms with Gasteiger partial charge in [0.25, 0.3) is 5.69 Å². The van der Waals surface area contributed by atoms with Crippen molar-refractivity contribution in [3.8, 4) is 6.07 Å². The summed E-state index contributed by atoms with van der Waals surface area (Å²) in [7, 11) is 0. The summed E-state index contributed by atoms with van der Waals surface area (Å²) in [5.41, 5.74) is 3.27. The Hall–Kier alpha value is -2.46. The van der Waals surface area contributed by atoms with Gasteiger partial charge in [0.1, 0.15) is 11.6 Å². The van der Waals surface area contributed by atoms with Crippen LogP contribution in [0, 0.1) is 28.4 Å². The van der Waals surface area contributed by atoms with E-state index in [-0.39, 0.29) is 11.3 Å². The molecular formula is C12H10N4O2S. The Morgan fingerprint density at radius 1 is 1.58 bits per heavy atom. The van der Waals surface area contributed by atoms with E-state index in [2.05, 4.69) is 10.3 Å². The molecule has 1 aromatic heterocycles. The Morgan fingerprint density at radius 2 is 2.37 bits per heavy atom. The minimum absolute atomic E-state index is 0.0519. The SMILES string of the molecule is Cc1ncsc1CNc1ccc([N+](=O)[O-])c(C#N)c1. The third-order valence-electron chi connectivity index (χ3n) is 2.61. The lowest BCUT2D eigenvalue weighted by molar-refractivity contribution is -0.385. The second-order valence-electron chi connectivity index (χ2n) is 3.82. The molecule has 1 N–H and O–H groups in total. The molecule has 0 amide bonds. The molecule has 2 aromatic rings. The molecular weight excluding hydrogens is 264 g/mol. The summed E-state index contributed by atoms with van der Waals surface area (Å²) in [4.78, 5) is 15.4. The molecule has 0 unspecified atom stereocenters. The number of nitriles is 1. The summed E-state index contributed by atoms with van der Waals surface area (Å²) >= 11 is 1.54. The average molecular weight is 274 g/mol. The van der Waals surface area contributed by atoms with Gasteiger partial charge in [-0.2, -0.15) is 5.26 Å². The quantitative estimate of drug-likeness (QED) is 0.683. The molecule has 0 fully saturated rings. The van der Waals surface area contributed by atoms with Gasteiger partial charge in [-0.25, -0.2) is 4.98 Å². The van der Waals surface area contributed by atoms with Crippen molar-refractivity contribution in [3.05, 3.63) is 50.0 Å². The third-order valence-corrected chi connectivity index (χ3v) is 3.55. The van der Waals surface area contributed by atoms with Crippen LogP contribution in [0.2, 0.25) is 0 Å². The van der Waals surface area contributed by atoms with Gasteiger partial charge in [0.05, 0.1) is 22.7 Å². The molecule has 96 valence electrons. The van der Waals surface area contributed by atoms with Crippen LogP contribution < -0.4 is 5.32 Å². The number of rotatable bonds is 4. The number of hydrogen-bond donors (Lipinski definition) is 1. The smallest absolute Gasteiger partial charge is 0.287 e. The van der Waals surface area contributed by atoms with Crippen molar-refractivity contribution in [1.82, 2.24) is 4.98 Å². The van der Waals surface area contributed by atoms with Gasteiger partial charge in [-0.15, -0.1) is 11.3 Å². The molecule has 19 heavy (non-hydrogen) atoms. The number of aryl methyl sites for hydroxylation is 1. The minimum atomic E-state index is -0.560. The van der Waals surface area contributed by atoms with Crippen LogP contribution in [-0.2, 0) is 6.54 Å². The Labute approximate surface area is 113 Å². The predicted molar refractivity (Wildman–Crippen MR) is 72.0 cm³/mol. The minimum Gasteiger partial charge on any atom is -0.380 e. The van der Waals surface area contributed by atoms with Gasteiger partial charge in [0.2, 0.25) is 0 Å². The van der Waals surface area contributed by atoms with E-state index in [1.807, 2.05) is 13.0 Å². The Kier molecular flexibility index (Phi) is 3.73. The normalized spacial score (nSPS) is 9.89. The van der Waals surface area contributed by atoms with Crippen molar-refractivity contribution >= 4 is 22.7 Å². The first-order valence-electron chi connectivity index (χ1n) is 5.43. The van der Waals surface area contributed by atoms with Crippen LogP contribution in [0.5, 0.6) is 0 Å². The van der Waals surface area contributed by atoms with E-state index in [4.69, 9.17) is 5.26 Å². The molecule has 1 heterocycles. The highest BCUT2D eigenvalue weighted by Gasteiger charge is 2.13. The van der Waals surface area contributed by atoms with Crippen LogP contribution in [0.25, 0.3) is 0 Å². The van der Waals surface area contributed by atoms with E-state index in [1.54, 1.807) is 11.6 Å². The highest BCUT2D eigenvalue weighted by atomic mass is 32.1. The molecule has 1 aromatic carbocycles. The zero-order chi connectivity index (χ0) is 13.8. The topological polar surface area (TPSA) is 91.8 Å². The molecule has 0 atom stereocenters. The number of hydrogen-bond acceptors (Lipinski definition) is 6. The molecule has 2 rings (SSSR count). The number of nitro benzene ring substituents is 1. The summed E-state index contributed by atoms with van der Waals surface area (Å²) in [5, 5.41) is 22.7. The number of nitro groups is 1. The summed E-state index contributed by atoms with van der Waals surface area (Å²) in [6.45, 7) is 2.50. The number of thiazole rings is 1. The standard InChI is InChI=1S/C12H10N4O2S/c1-8-12(19-7-15-8)6-14-10-2-3-11(16(17)18)9(4-10)5-13/h2-4,7,14H,6H2,1H3. The van der Waals surface area contributed by atoms with Crippen molar-refractivity contribution in [2.45, 2.75) is 13.5 Å². The molecule has 0 spiro atoms. The zero-order valence-corrected chi connectivity index (χ0v) is 10.9. The summed E-state index contributed by atoms with van der Waals surface area (Å²) in [6.07, 6.45) is 0. The van der Waals surface area contributed by atoms with Gasteiger partial charge < -0.3 is 5.32 Å². The van der Waals surface area contributed by atoms with Crippen molar-refractivity contribution in [2.75, 3.05) is 5.32 Å². The van der Waals surface area contributed by atoms with Gasteiger partial charge in [-0.1, -0.05) is 0 Å². The van der Waals surface area contributed by atoms with Crippen molar-refractivity contribution in [2.24, 2.45) is 0 Å². The molecule has 0 saturated carbocycles. The van der Waals surface area contributed by atoms with E-state index in [9.17, 15) is 10.1 Å². The second kappa shape index (κ2) is 5.46. The largest absolute Gasteiger partial charge is 0.380 e. The molecule has 0 saturated heterocycles. The van der Waals surface area contributed by atoms with Crippen LogP contribution in [0.3, 0.4) is 0 Å². The van der Waals surface area contributed by atoms with Crippen LogP contribution >= 0.6 is 11.3 Å². The molecule has 0 bridgehead atoms. The number of anilines is 1. The summed E-state index contributed by atoms with van der Waals surface area (Å²) in [6, 6.07) is 6.24. The zero-order valence-electron chi connectivity index (χ0n) is 10.1. The van der Waals surface area contributed by atoms with Gasteiger partial charge in [0, 0.05) is 16.6 Å². The van der Waals surface area contributed by atoms with E-state index >= 15 is 0 Å². The highest BCUT2D eigenvalue weighted by molar-refractivity contribution is 7.09.